The molecule has 0 fully saturated rings. The molecular formula is C25H40F2N4O. The van der Waals surface area contributed by atoms with Gasteiger partial charge in [-0.15, -0.1) is 0 Å². The molecule has 32 heavy (non-hydrogen) atoms. The summed E-state index contributed by atoms with van der Waals surface area (Å²) in [6, 6.07) is 3.49. The van der Waals surface area contributed by atoms with Crippen LogP contribution in [-0.2, 0) is 0 Å². The van der Waals surface area contributed by atoms with Gasteiger partial charge >= 0.3 is 0 Å². The van der Waals surface area contributed by atoms with Crippen molar-refractivity contribution < 1.29 is 13.9 Å². The molecule has 0 bridgehead atoms. The van der Waals surface area contributed by atoms with Gasteiger partial charge < -0.3 is 20.7 Å². The highest BCUT2D eigenvalue weighted by molar-refractivity contribution is 5.96. The van der Waals surface area contributed by atoms with Crippen LogP contribution in [0.5, 0.6) is 0 Å². The van der Waals surface area contributed by atoms with E-state index < -0.39 is 11.6 Å². The van der Waals surface area contributed by atoms with Gasteiger partial charge in [0, 0.05) is 26.5 Å². The normalized spacial score (nSPS) is 9.06. The molecule has 0 aliphatic carbocycles. The van der Waals surface area contributed by atoms with Crippen molar-refractivity contribution in [2.24, 2.45) is 0 Å². The molecule has 1 heterocycles. The molecule has 5 nitrogen and oxygen atoms in total. The Kier molecular flexibility index (Phi) is 17.3. The van der Waals surface area contributed by atoms with Crippen LogP contribution < -0.4 is 10.2 Å². The lowest BCUT2D eigenvalue weighted by Crippen LogP contribution is -2.16. The number of unbranched alkanes of at least 4 members (excludes halogenated alkanes) is 1. The molecule has 0 saturated carbocycles. The Labute approximate surface area is 192 Å². The van der Waals surface area contributed by atoms with Crippen molar-refractivity contribution in [3.63, 3.8) is 0 Å². The van der Waals surface area contributed by atoms with Gasteiger partial charge in [0.05, 0.1) is 16.8 Å². The van der Waals surface area contributed by atoms with Crippen LogP contribution in [0.1, 0.15) is 71.9 Å². The third kappa shape index (κ3) is 9.90. The van der Waals surface area contributed by atoms with Crippen LogP contribution in [0.15, 0.2) is 31.0 Å². The number of hydrogen-bond donors (Lipinski definition) is 3. The van der Waals surface area contributed by atoms with E-state index in [-0.39, 0.29) is 22.8 Å². The summed E-state index contributed by atoms with van der Waals surface area (Å²) in [6.07, 6.45) is 6.21. The molecule has 0 saturated heterocycles. The molecule has 0 aliphatic heterocycles. The summed E-state index contributed by atoms with van der Waals surface area (Å²) in [5.74, 6) is -1.67. The number of nitrogens with one attached hydrogen (secondary N) is 2. The largest absolute Gasteiger partial charge is 0.508 e. The zero-order valence-corrected chi connectivity index (χ0v) is 20.8. The summed E-state index contributed by atoms with van der Waals surface area (Å²) < 4.78 is 27.6. The van der Waals surface area contributed by atoms with Crippen molar-refractivity contribution in [3.8, 4) is 0 Å². The fraction of sp³-hybridized carbons (Fsp3) is 0.440. The van der Waals surface area contributed by atoms with Crippen molar-refractivity contribution in [1.82, 2.24) is 4.98 Å². The second-order valence-electron chi connectivity index (χ2n) is 6.70. The minimum absolute atomic E-state index is 0.0951. The average Bonchev–Trinajstić information content (AvgIpc) is 2.77. The van der Waals surface area contributed by atoms with E-state index in [2.05, 4.69) is 44.6 Å². The lowest BCUT2D eigenvalue weighted by atomic mass is 10.1. The van der Waals surface area contributed by atoms with Crippen LogP contribution >= 0.6 is 0 Å². The molecule has 0 atom stereocenters. The monoisotopic (exact) mass is 450 g/mol. The number of hydrogen-bond acceptors (Lipinski definition) is 5. The number of aliphatic hydroxyl groups is 1. The minimum atomic E-state index is -0.773. The third-order valence-electron chi connectivity index (χ3n) is 3.70. The maximum Gasteiger partial charge on any atom is 0.149 e. The van der Waals surface area contributed by atoms with Gasteiger partial charge in [0.25, 0.3) is 0 Å². The maximum atomic E-state index is 13.8. The van der Waals surface area contributed by atoms with Crippen molar-refractivity contribution >= 4 is 29.2 Å². The highest BCUT2D eigenvalue weighted by Gasteiger charge is 2.19. The van der Waals surface area contributed by atoms with E-state index >= 15 is 0 Å². The second-order valence-corrected chi connectivity index (χ2v) is 6.70. The van der Waals surface area contributed by atoms with Gasteiger partial charge in [-0.2, -0.15) is 0 Å². The minimum Gasteiger partial charge on any atom is -0.508 e. The molecule has 0 unspecified atom stereocenters. The SMILES string of the molecule is C=C(O)c1cnc(Nc2c(F)cccc2F)c(C=N)c1N(C)C.CC.CCC.CCCC. The zero-order valence-electron chi connectivity index (χ0n) is 20.8. The summed E-state index contributed by atoms with van der Waals surface area (Å²) in [6.45, 7) is 16.1. The average molecular weight is 451 g/mol. The van der Waals surface area contributed by atoms with Gasteiger partial charge in [-0.05, 0) is 12.1 Å². The Balaban J connectivity index is 0. The molecule has 0 spiro atoms. The summed E-state index contributed by atoms with van der Waals surface area (Å²) in [4.78, 5) is 5.70. The fourth-order valence-electron chi connectivity index (χ4n) is 2.18. The van der Waals surface area contributed by atoms with Crippen molar-refractivity contribution in [1.29, 1.82) is 5.41 Å². The number of rotatable bonds is 6. The Morgan fingerprint density at radius 2 is 1.59 bits per heavy atom. The molecule has 0 amide bonds. The lowest BCUT2D eigenvalue weighted by Gasteiger charge is -2.21. The van der Waals surface area contributed by atoms with E-state index in [0.717, 1.165) is 18.3 Å². The van der Waals surface area contributed by atoms with Crippen molar-refractivity contribution in [2.75, 3.05) is 24.3 Å². The number of pyridine rings is 1. The summed E-state index contributed by atoms with van der Waals surface area (Å²) in [7, 11) is 3.42. The van der Waals surface area contributed by atoms with Gasteiger partial charge in [0.2, 0.25) is 0 Å². The first-order valence-electron chi connectivity index (χ1n) is 11.0. The molecule has 1 aromatic heterocycles. The van der Waals surface area contributed by atoms with Crippen LogP contribution in [0.4, 0.5) is 26.0 Å². The standard InChI is InChI=1S/C16H16F2N4O.C4H10.C3H8.C2H6/c1-9(23)11-8-20-16(10(7-19)15(11)22(2)3)21-14-12(17)5-4-6-13(14)18;1-3-4-2;1-3-2;1-2/h4-8,19,23H,1H2,2-3H3,(H,20,21);3-4H2,1-2H3;3H2,1-2H3;1-2H3. The molecule has 7 heteroatoms. The molecule has 0 radical (unpaired) electrons. The van der Waals surface area contributed by atoms with E-state index in [1.807, 2.05) is 13.8 Å². The molecule has 2 rings (SSSR count). The van der Waals surface area contributed by atoms with Gasteiger partial charge in [0.15, 0.2) is 0 Å². The number of aromatic nitrogens is 1. The smallest absolute Gasteiger partial charge is 0.149 e. The van der Waals surface area contributed by atoms with Crippen LogP contribution in [0.25, 0.3) is 5.76 Å². The fourth-order valence-corrected chi connectivity index (χ4v) is 2.18. The molecule has 2 aromatic rings. The third-order valence-corrected chi connectivity index (χ3v) is 3.70. The van der Waals surface area contributed by atoms with Gasteiger partial charge in [-0.25, -0.2) is 13.8 Å². The maximum absolute atomic E-state index is 13.8. The Hall–Kier alpha value is -2.96. The molecule has 3 N–H and O–H groups in total. The van der Waals surface area contributed by atoms with E-state index in [0.29, 0.717) is 11.3 Å². The number of halogens is 2. The summed E-state index contributed by atoms with van der Waals surface area (Å²) in [5, 5.41) is 19.8. The number of anilines is 3. The van der Waals surface area contributed by atoms with Gasteiger partial charge in [0.1, 0.15) is 28.9 Å². The summed E-state index contributed by atoms with van der Waals surface area (Å²) >= 11 is 0. The number of aliphatic hydroxyl groups excluding tert-OH is 1. The van der Waals surface area contributed by atoms with E-state index in [4.69, 9.17) is 5.41 Å². The van der Waals surface area contributed by atoms with Crippen LogP contribution in [0.3, 0.4) is 0 Å². The van der Waals surface area contributed by atoms with Crippen molar-refractivity contribution in [3.05, 3.63) is 53.7 Å². The predicted molar refractivity (Wildman–Crippen MR) is 136 cm³/mol. The van der Waals surface area contributed by atoms with E-state index in [9.17, 15) is 13.9 Å². The van der Waals surface area contributed by atoms with Crippen LogP contribution in [-0.4, -0.2) is 30.4 Å². The number of para-hydroxylation sites is 1. The van der Waals surface area contributed by atoms with Gasteiger partial charge in [-0.1, -0.05) is 73.5 Å². The number of benzene rings is 1. The number of nitrogens with zero attached hydrogens (tertiary/aromatic N) is 2. The van der Waals surface area contributed by atoms with Crippen LogP contribution in [0, 0.1) is 17.0 Å². The molecule has 0 aliphatic rings. The van der Waals surface area contributed by atoms with Crippen LogP contribution in [0.2, 0.25) is 0 Å². The zero-order chi connectivity index (χ0) is 25.3. The first-order chi connectivity index (χ1) is 15.2. The summed E-state index contributed by atoms with van der Waals surface area (Å²) in [5.41, 5.74) is 0.698. The lowest BCUT2D eigenvalue weighted by molar-refractivity contribution is 0.513. The molecular weight excluding hydrogens is 410 g/mol. The predicted octanol–water partition coefficient (Wildman–Crippen LogP) is 7.94. The Morgan fingerprint density at radius 3 is 1.94 bits per heavy atom. The Bertz CT molecular complexity index is 802. The second kappa shape index (κ2) is 17.7. The first-order valence-corrected chi connectivity index (χ1v) is 11.0. The highest BCUT2D eigenvalue weighted by atomic mass is 19.1. The highest BCUT2D eigenvalue weighted by Crippen LogP contribution is 2.33. The van der Waals surface area contributed by atoms with Crippen molar-refractivity contribution in [2.45, 2.75) is 60.8 Å². The van der Waals surface area contributed by atoms with E-state index in [1.165, 1.54) is 31.5 Å². The quantitative estimate of drug-likeness (QED) is 0.308. The first kappa shape index (κ1) is 31.2. The van der Waals surface area contributed by atoms with Gasteiger partial charge in [-0.3, -0.25) is 0 Å². The Morgan fingerprint density at radius 1 is 1.12 bits per heavy atom. The topological polar surface area (TPSA) is 72.2 Å². The van der Waals surface area contributed by atoms with E-state index in [1.54, 1.807) is 19.0 Å². The molecule has 180 valence electrons. The molecule has 1 aromatic carbocycles.